The van der Waals surface area contributed by atoms with Gasteiger partial charge in [0.1, 0.15) is 6.54 Å². The Morgan fingerprint density at radius 1 is 1.54 bits per heavy atom. The second-order valence-electron chi connectivity index (χ2n) is 2.78. The number of aliphatic imine (C=N–C) groups is 1. The molecule has 0 fully saturated rings. The van der Waals surface area contributed by atoms with Gasteiger partial charge in [0, 0.05) is 12.7 Å². The minimum atomic E-state index is 0.382. The van der Waals surface area contributed by atoms with Crippen LogP contribution in [0.3, 0.4) is 0 Å². The molecule has 0 aromatic carbocycles. The monoisotopic (exact) mass is 179 g/mol. The average Bonchev–Trinajstić information content (AvgIpc) is 2.12. The summed E-state index contributed by atoms with van der Waals surface area (Å²) >= 11 is 0. The Bertz CT molecular complexity index is 223. The van der Waals surface area contributed by atoms with Crippen LogP contribution in [0.25, 0.3) is 0 Å². The summed E-state index contributed by atoms with van der Waals surface area (Å²) in [5.41, 5.74) is 1.08. The predicted octanol–water partition coefficient (Wildman–Crippen LogP) is 2.17. The van der Waals surface area contributed by atoms with Gasteiger partial charge in [0.15, 0.2) is 0 Å². The van der Waals surface area contributed by atoms with Crippen molar-refractivity contribution in [3.05, 3.63) is 11.8 Å². The SMILES string of the molecule is CC/C=C(\CC)N=CN(C)CC#N. The molecule has 13 heavy (non-hydrogen) atoms. The maximum Gasteiger partial charge on any atom is 0.106 e. The Hall–Kier alpha value is -1.30. The third kappa shape index (κ3) is 5.92. The molecule has 0 radical (unpaired) electrons. The molecule has 0 rings (SSSR count). The van der Waals surface area contributed by atoms with Gasteiger partial charge in [0.2, 0.25) is 0 Å². The third-order valence-electron chi connectivity index (χ3n) is 1.54. The summed E-state index contributed by atoms with van der Waals surface area (Å²) in [4.78, 5) is 6.02. The van der Waals surface area contributed by atoms with Crippen molar-refractivity contribution >= 4 is 6.34 Å². The van der Waals surface area contributed by atoms with Gasteiger partial charge >= 0.3 is 0 Å². The van der Waals surface area contributed by atoms with Crippen molar-refractivity contribution in [3.63, 3.8) is 0 Å². The fourth-order valence-corrected chi connectivity index (χ4v) is 0.849. The fraction of sp³-hybridized carbons (Fsp3) is 0.600. The van der Waals surface area contributed by atoms with Crippen LogP contribution in [0.1, 0.15) is 26.7 Å². The van der Waals surface area contributed by atoms with Gasteiger partial charge in [-0.05, 0) is 12.8 Å². The molecule has 0 atom stereocenters. The summed E-state index contributed by atoms with van der Waals surface area (Å²) in [7, 11) is 1.84. The van der Waals surface area contributed by atoms with Crippen LogP contribution >= 0.6 is 0 Å². The number of allylic oxidation sites excluding steroid dienone is 2. The fourth-order valence-electron chi connectivity index (χ4n) is 0.849. The van der Waals surface area contributed by atoms with Gasteiger partial charge in [0.25, 0.3) is 0 Å². The molecule has 0 aliphatic carbocycles. The van der Waals surface area contributed by atoms with Gasteiger partial charge in [-0.15, -0.1) is 0 Å². The number of hydrogen-bond donors (Lipinski definition) is 0. The zero-order valence-electron chi connectivity index (χ0n) is 8.62. The predicted molar refractivity (Wildman–Crippen MR) is 55.4 cm³/mol. The first-order valence-corrected chi connectivity index (χ1v) is 4.55. The molecule has 0 saturated carbocycles. The molecule has 3 heteroatoms. The molecule has 0 saturated heterocycles. The first kappa shape index (κ1) is 11.7. The standard InChI is InChI=1S/C10H17N3/c1-4-6-10(5-2)12-9-13(3)8-7-11/h6,9H,4-5,8H2,1-3H3/b10-6+,12-9?. The highest BCUT2D eigenvalue weighted by Gasteiger charge is 1.90. The van der Waals surface area contributed by atoms with Gasteiger partial charge in [-0.25, -0.2) is 4.99 Å². The normalized spacial score (nSPS) is 11.7. The second kappa shape index (κ2) is 7.35. The van der Waals surface area contributed by atoms with Crippen molar-refractivity contribution < 1.29 is 0 Å². The Morgan fingerprint density at radius 3 is 2.69 bits per heavy atom. The van der Waals surface area contributed by atoms with E-state index in [-0.39, 0.29) is 0 Å². The van der Waals surface area contributed by atoms with Crippen molar-refractivity contribution in [2.24, 2.45) is 4.99 Å². The summed E-state index contributed by atoms with van der Waals surface area (Å²) in [6.45, 7) is 4.54. The molecule has 0 unspecified atom stereocenters. The van der Waals surface area contributed by atoms with E-state index in [1.54, 1.807) is 11.2 Å². The zero-order chi connectivity index (χ0) is 10.1. The molecule has 0 aliphatic heterocycles. The van der Waals surface area contributed by atoms with Crippen LogP contribution in [0.4, 0.5) is 0 Å². The highest BCUT2D eigenvalue weighted by Crippen LogP contribution is 2.02. The second-order valence-corrected chi connectivity index (χ2v) is 2.78. The van der Waals surface area contributed by atoms with E-state index in [9.17, 15) is 0 Å². The first-order chi connectivity index (χ1) is 6.24. The summed E-state index contributed by atoms with van der Waals surface area (Å²) in [6, 6.07) is 2.06. The lowest BCUT2D eigenvalue weighted by atomic mass is 10.3. The van der Waals surface area contributed by atoms with E-state index in [2.05, 4.69) is 31.0 Å². The molecule has 0 aromatic heterocycles. The van der Waals surface area contributed by atoms with E-state index < -0.39 is 0 Å². The van der Waals surface area contributed by atoms with Crippen molar-refractivity contribution in [1.82, 2.24) is 4.90 Å². The minimum Gasteiger partial charge on any atom is -0.352 e. The lowest BCUT2D eigenvalue weighted by molar-refractivity contribution is 0.586. The lowest BCUT2D eigenvalue weighted by Crippen LogP contribution is -2.15. The zero-order valence-corrected chi connectivity index (χ0v) is 8.62. The van der Waals surface area contributed by atoms with Gasteiger partial charge in [-0.2, -0.15) is 5.26 Å². The highest BCUT2D eigenvalue weighted by atomic mass is 15.1. The van der Waals surface area contributed by atoms with E-state index in [0.29, 0.717) is 6.54 Å². The Morgan fingerprint density at radius 2 is 2.23 bits per heavy atom. The first-order valence-electron chi connectivity index (χ1n) is 4.55. The Balaban J connectivity index is 4.08. The molecule has 0 N–H and O–H groups in total. The molecule has 0 spiro atoms. The van der Waals surface area contributed by atoms with Crippen LogP contribution in [0.15, 0.2) is 16.8 Å². The third-order valence-corrected chi connectivity index (χ3v) is 1.54. The van der Waals surface area contributed by atoms with Crippen molar-refractivity contribution in [3.8, 4) is 6.07 Å². The molecule has 0 bridgehead atoms. The van der Waals surface area contributed by atoms with Gasteiger partial charge in [-0.1, -0.05) is 19.9 Å². The van der Waals surface area contributed by atoms with E-state index in [1.165, 1.54) is 0 Å². The number of rotatable bonds is 5. The van der Waals surface area contributed by atoms with Gasteiger partial charge < -0.3 is 4.90 Å². The van der Waals surface area contributed by atoms with E-state index in [0.717, 1.165) is 18.5 Å². The minimum absolute atomic E-state index is 0.382. The van der Waals surface area contributed by atoms with Gasteiger partial charge in [0.05, 0.1) is 12.4 Å². The summed E-state index contributed by atoms with van der Waals surface area (Å²) in [5, 5.41) is 8.39. The molecule has 3 nitrogen and oxygen atoms in total. The number of hydrogen-bond acceptors (Lipinski definition) is 2. The van der Waals surface area contributed by atoms with Gasteiger partial charge in [-0.3, -0.25) is 0 Å². The average molecular weight is 179 g/mol. The molecular formula is C10H17N3. The molecular weight excluding hydrogens is 162 g/mol. The molecule has 0 aliphatic rings. The van der Waals surface area contributed by atoms with Crippen LogP contribution in [0, 0.1) is 11.3 Å². The van der Waals surface area contributed by atoms with E-state index in [1.807, 2.05) is 7.05 Å². The van der Waals surface area contributed by atoms with Crippen LogP contribution in [-0.4, -0.2) is 24.8 Å². The van der Waals surface area contributed by atoms with Crippen LogP contribution in [-0.2, 0) is 0 Å². The summed E-state index contributed by atoms with van der Waals surface area (Å²) in [5.74, 6) is 0. The van der Waals surface area contributed by atoms with Crippen LogP contribution in [0.5, 0.6) is 0 Å². The molecule has 0 amide bonds. The van der Waals surface area contributed by atoms with Crippen LogP contribution < -0.4 is 0 Å². The lowest BCUT2D eigenvalue weighted by Gasteiger charge is -2.06. The van der Waals surface area contributed by atoms with Crippen molar-refractivity contribution in [1.29, 1.82) is 5.26 Å². The van der Waals surface area contributed by atoms with Crippen molar-refractivity contribution in [2.45, 2.75) is 26.7 Å². The smallest absolute Gasteiger partial charge is 0.106 e. The molecule has 0 aromatic rings. The topological polar surface area (TPSA) is 39.4 Å². The summed E-state index contributed by atoms with van der Waals surface area (Å²) in [6.07, 6.45) is 5.73. The number of nitrogens with zero attached hydrogens (tertiary/aromatic N) is 3. The maximum atomic E-state index is 8.39. The highest BCUT2D eigenvalue weighted by molar-refractivity contribution is 5.56. The summed E-state index contributed by atoms with van der Waals surface area (Å²) < 4.78 is 0. The van der Waals surface area contributed by atoms with Crippen LogP contribution in [0.2, 0.25) is 0 Å². The molecule has 72 valence electrons. The van der Waals surface area contributed by atoms with E-state index in [4.69, 9.17) is 5.26 Å². The quantitative estimate of drug-likeness (QED) is 0.368. The molecule has 0 heterocycles. The Kier molecular flexibility index (Phi) is 6.62. The number of nitriles is 1. The Labute approximate surface area is 80.4 Å². The van der Waals surface area contributed by atoms with E-state index >= 15 is 0 Å². The maximum absolute atomic E-state index is 8.39. The largest absolute Gasteiger partial charge is 0.352 e. The van der Waals surface area contributed by atoms with Crippen molar-refractivity contribution in [2.75, 3.05) is 13.6 Å².